The van der Waals surface area contributed by atoms with E-state index in [4.69, 9.17) is 4.42 Å². The summed E-state index contributed by atoms with van der Waals surface area (Å²) < 4.78 is 31.6. The number of carbonyl (C=O) groups is 2. The summed E-state index contributed by atoms with van der Waals surface area (Å²) in [5.74, 6) is -1.34. The minimum atomic E-state index is -3.86. The van der Waals surface area contributed by atoms with Crippen molar-refractivity contribution in [2.45, 2.75) is 24.6 Å². The van der Waals surface area contributed by atoms with Gasteiger partial charge in [0, 0.05) is 6.54 Å². The van der Waals surface area contributed by atoms with Gasteiger partial charge in [0.25, 0.3) is 11.8 Å². The van der Waals surface area contributed by atoms with Crippen LogP contribution in [0.2, 0.25) is 0 Å². The molecule has 3 rings (SSSR count). The molecule has 25 heavy (non-hydrogen) atoms. The molecule has 0 aliphatic carbocycles. The molecular weight excluding hydrogens is 344 g/mol. The monoisotopic (exact) mass is 362 g/mol. The van der Waals surface area contributed by atoms with Gasteiger partial charge in [-0.2, -0.15) is 0 Å². The van der Waals surface area contributed by atoms with E-state index >= 15 is 0 Å². The first kappa shape index (κ1) is 17.2. The second-order valence-electron chi connectivity index (χ2n) is 6.13. The van der Waals surface area contributed by atoms with E-state index in [1.54, 1.807) is 43.3 Å². The Kier molecular flexibility index (Phi) is 4.38. The average molecular weight is 362 g/mol. The lowest BCUT2D eigenvalue weighted by atomic mass is 9.85. The number of carbonyl (C=O) groups excluding carboxylic acids is 2. The number of rotatable bonds is 5. The first-order valence-electron chi connectivity index (χ1n) is 7.76. The molecule has 0 radical (unpaired) electrons. The van der Waals surface area contributed by atoms with Gasteiger partial charge < -0.3 is 9.32 Å². The quantitative estimate of drug-likeness (QED) is 0.870. The maximum atomic E-state index is 12.5. The van der Waals surface area contributed by atoms with Crippen LogP contribution in [0.25, 0.3) is 0 Å². The molecule has 1 fully saturated rings. The van der Waals surface area contributed by atoms with Crippen LogP contribution >= 0.6 is 0 Å². The smallest absolute Gasteiger partial charge is 0.290 e. The Morgan fingerprint density at radius 2 is 1.92 bits per heavy atom. The van der Waals surface area contributed by atoms with Gasteiger partial charge in [-0.15, -0.1) is 0 Å². The van der Waals surface area contributed by atoms with E-state index < -0.39 is 27.4 Å². The number of hydrogen-bond donors (Lipinski definition) is 1. The number of nitrogens with zero attached hydrogens (tertiary/aromatic N) is 1. The van der Waals surface area contributed by atoms with E-state index in [-0.39, 0.29) is 11.5 Å². The van der Waals surface area contributed by atoms with Gasteiger partial charge in [0.1, 0.15) is 5.54 Å². The van der Waals surface area contributed by atoms with Crippen LogP contribution < -0.4 is 4.72 Å². The molecule has 132 valence electrons. The first-order valence-corrected chi connectivity index (χ1v) is 9.41. The fourth-order valence-electron chi connectivity index (χ4n) is 2.73. The molecule has 1 aromatic carbocycles. The molecule has 0 saturated carbocycles. The van der Waals surface area contributed by atoms with Crippen LogP contribution in [0.5, 0.6) is 0 Å². The van der Waals surface area contributed by atoms with Crippen LogP contribution in [-0.4, -0.2) is 37.2 Å². The third kappa shape index (κ3) is 3.43. The predicted octanol–water partition coefficient (Wildman–Crippen LogP) is 1.53. The zero-order valence-corrected chi connectivity index (χ0v) is 14.5. The third-order valence-electron chi connectivity index (χ3n) is 4.33. The van der Waals surface area contributed by atoms with Crippen molar-refractivity contribution in [1.82, 2.24) is 9.62 Å². The Hall–Kier alpha value is -2.61. The summed E-state index contributed by atoms with van der Waals surface area (Å²) in [6.07, 6.45) is 1.75. The van der Waals surface area contributed by atoms with Gasteiger partial charge >= 0.3 is 0 Å². The molecular formula is C17H18N2O5S. The van der Waals surface area contributed by atoms with Gasteiger partial charge in [-0.05, 0) is 31.0 Å². The molecule has 8 heteroatoms. The minimum absolute atomic E-state index is 0.117. The summed E-state index contributed by atoms with van der Waals surface area (Å²) in [6, 6.07) is 11.7. The molecule has 1 atom stereocenters. The molecule has 2 aromatic rings. The number of furan rings is 1. The molecule has 7 nitrogen and oxygen atoms in total. The minimum Gasteiger partial charge on any atom is -0.459 e. The van der Waals surface area contributed by atoms with Crippen molar-refractivity contribution in [3.8, 4) is 0 Å². The second kappa shape index (κ2) is 6.36. The maximum Gasteiger partial charge on any atom is 0.290 e. The molecule has 1 saturated heterocycles. The summed E-state index contributed by atoms with van der Waals surface area (Å²) >= 11 is 0. The SMILES string of the molecule is CC1(C(=O)NS(=O)(=O)Cc2ccccc2)CCN1C(=O)c1ccco1. The van der Waals surface area contributed by atoms with E-state index in [9.17, 15) is 18.0 Å². The normalized spacial score (nSPS) is 20.0. The lowest BCUT2D eigenvalue weighted by Gasteiger charge is -2.48. The van der Waals surface area contributed by atoms with Crippen molar-refractivity contribution in [2.75, 3.05) is 6.54 Å². The van der Waals surface area contributed by atoms with Crippen molar-refractivity contribution in [3.63, 3.8) is 0 Å². The van der Waals surface area contributed by atoms with Gasteiger partial charge in [0.05, 0.1) is 12.0 Å². The molecule has 2 amide bonds. The van der Waals surface area contributed by atoms with E-state index in [1.807, 2.05) is 0 Å². The standard InChI is InChI=1S/C17H18N2O5S/c1-17(9-10-19(17)15(20)14-8-5-11-24-14)16(21)18-25(22,23)12-13-6-3-2-4-7-13/h2-8,11H,9-10,12H2,1H3,(H,18,21). The molecule has 1 aromatic heterocycles. The van der Waals surface area contributed by atoms with Crippen LogP contribution in [0.4, 0.5) is 0 Å². The number of amides is 2. The van der Waals surface area contributed by atoms with Crippen molar-refractivity contribution in [1.29, 1.82) is 0 Å². The van der Waals surface area contributed by atoms with E-state index in [0.717, 1.165) is 0 Å². The fraction of sp³-hybridized carbons (Fsp3) is 0.294. The number of hydrogen-bond acceptors (Lipinski definition) is 5. The summed E-state index contributed by atoms with van der Waals surface area (Å²) in [4.78, 5) is 26.2. The van der Waals surface area contributed by atoms with Gasteiger partial charge in [0.2, 0.25) is 10.0 Å². The molecule has 1 aliphatic heterocycles. The van der Waals surface area contributed by atoms with E-state index in [2.05, 4.69) is 4.72 Å². The molecule has 2 heterocycles. The van der Waals surface area contributed by atoms with Crippen molar-refractivity contribution >= 4 is 21.8 Å². The highest BCUT2D eigenvalue weighted by Crippen LogP contribution is 2.32. The number of likely N-dealkylation sites (tertiary alicyclic amines) is 1. The molecule has 0 spiro atoms. The molecule has 1 aliphatic rings. The average Bonchev–Trinajstić information content (AvgIpc) is 3.07. The lowest BCUT2D eigenvalue weighted by Crippen LogP contribution is -2.67. The van der Waals surface area contributed by atoms with Crippen molar-refractivity contribution < 1.29 is 22.4 Å². The number of benzene rings is 1. The zero-order chi connectivity index (χ0) is 18.1. The van der Waals surface area contributed by atoms with Crippen LogP contribution in [0.1, 0.15) is 29.5 Å². The third-order valence-corrected chi connectivity index (χ3v) is 5.54. The second-order valence-corrected chi connectivity index (χ2v) is 7.86. The highest BCUT2D eigenvalue weighted by atomic mass is 32.2. The van der Waals surface area contributed by atoms with Gasteiger partial charge in [-0.3, -0.25) is 14.3 Å². The van der Waals surface area contributed by atoms with Gasteiger partial charge in [0.15, 0.2) is 5.76 Å². The largest absolute Gasteiger partial charge is 0.459 e. The fourth-order valence-corrected chi connectivity index (χ4v) is 3.94. The Balaban J connectivity index is 1.71. The van der Waals surface area contributed by atoms with Crippen LogP contribution in [0, 0.1) is 0 Å². The summed E-state index contributed by atoms with van der Waals surface area (Å²) in [5, 5.41) is 0. The molecule has 1 N–H and O–H groups in total. The van der Waals surface area contributed by atoms with E-state index in [1.165, 1.54) is 17.2 Å². The highest BCUT2D eigenvalue weighted by molar-refractivity contribution is 7.89. The summed E-state index contributed by atoms with van der Waals surface area (Å²) in [5.41, 5.74) is -0.641. The Labute approximate surface area is 145 Å². The van der Waals surface area contributed by atoms with Gasteiger partial charge in [-0.1, -0.05) is 30.3 Å². The van der Waals surface area contributed by atoms with Crippen molar-refractivity contribution in [2.24, 2.45) is 0 Å². The number of nitrogens with one attached hydrogen (secondary N) is 1. The maximum absolute atomic E-state index is 12.5. The lowest BCUT2D eigenvalue weighted by molar-refractivity contribution is -0.135. The highest BCUT2D eigenvalue weighted by Gasteiger charge is 2.51. The Bertz CT molecular complexity index is 877. The van der Waals surface area contributed by atoms with Gasteiger partial charge in [-0.25, -0.2) is 8.42 Å². The topological polar surface area (TPSA) is 96.7 Å². The van der Waals surface area contributed by atoms with Crippen LogP contribution in [0.3, 0.4) is 0 Å². The van der Waals surface area contributed by atoms with Crippen LogP contribution in [0.15, 0.2) is 53.1 Å². The molecule has 0 bridgehead atoms. The Morgan fingerprint density at radius 1 is 1.20 bits per heavy atom. The summed E-state index contributed by atoms with van der Waals surface area (Å²) in [7, 11) is -3.86. The predicted molar refractivity (Wildman–Crippen MR) is 90.0 cm³/mol. The Morgan fingerprint density at radius 3 is 2.48 bits per heavy atom. The summed E-state index contributed by atoms with van der Waals surface area (Å²) in [6.45, 7) is 1.91. The number of sulfonamides is 1. The van der Waals surface area contributed by atoms with E-state index in [0.29, 0.717) is 18.5 Å². The van der Waals surface area contributed by atoms with Crippen LogP contribution in [-0.2, 0) is 20.6 Å². The molecule has 1 unspecified atom stereocenters. The zero-order valence-electron chi connectivity index (χ0n) is 13.6. The van der Waals surface area contributed by atoms with Crippen molar-refractivity contribution in [3.05, 3.63) is 60.1 Å². The first-order chi connectivity index (χ1) is 11.8.